The third-order valence-corrected chi connectivity index (χ3v) is 7.27. The molecule has 1 atom stereocenters. The van der Waals surface area contributed by atoms with Crippen LogP contribution in [-0.4, -0.2) is 33.4 Å². The first-order valence-corrected chi connectivity index (χ1v) is 12.7. The molecule has 3 aromatic carbocycles. The summed E-state index contributed by atoms with van der Waals surface area (Å²) < 4.78 is 34.2. The summed E-state index contributed by atoms with van der Waals surface area (Å²) in [7, 11) is -2.42. The number of fused-ring (bicyclic) bond motifs is 1. The fraction of sp³-hybridized carbons (Fsp3) is 0.231. The summed E-state index contributed by atoms with van der Waals surface area (Å²) >= 11 is 0. The lowest BCUT2D eigenvalue weighted by molar-refractivity contribution is -0.123. The van der Waals surface area contributed by atoms with Crippen molar-refractivity contribution in [2.75, 3.05) is 12.4 Å². The van der Waals surface area contributed by atoms with Gasteiger partial charge >= 0.3 is 0 Å². The molecule has 0 spiro atoms. The molecule has 1 aliphatic rings. The Balaban J connectivity index is 1.52. The zero-order valence-corrected chi connectivity index (χ0v) is 20.1. The second kappa shape index (κ2) is 10.7. The molecular formula is C26H27N3O5S. The van der Waals surface area contributed by atoms with Gasteiger partial charge in [-0.15, -0.1) is 0 Å². The van der Waals surface area contributed by atoms with Crippen LogP contribution in [0.1, 0.15) is 23.1 Å². The summed E-state index contributed by atoms with van der Waals surface area (Å²) in [4.78, 5) is 24.8. The number of nitrogens with one attached hydrogen (secondary N) is 3. The van der Waals surface area contributed by atoms with Crippen LogP contribution in [-0.2, 0) is 39.0 Å². The largest absolute Gasteiger partial charge is 0.497 e. The van der Waals surface area contributed by atoms with E-state index in [0.29, 0.717) is 24.3 Å². The van der Waals surface area contributed by atoms with Crippen molar-refractivity contribution in [3.05, 3.63) is 89.5 Å². The Labute approximate surface area is 204 Å². The molecule has 35 heavy (non-hydrogen) atoms. The lowest BCUT2D eigenvalue weighted by Gasteiger charge is -2.21. The minimum atomic E-state index is -4.00. The molecule has 0 aromatic heterocycles. The van der Waals surface area contributed by atoms with Crippen molar-refractivity contribution in [3.8, 4) is 5.75 Å². The zero-order chi connectivity index (χ0) is 24.8. The third kappa shape index (κ3) is 6.26. The molecule has 2 amide bonds. The Morgan fingerprint density at radius 3 is 2.46 bits per heavy atom. The number of aryl methyl sites for hydroxylation is 1. The standard InChI is InChI=1S/C26H27N3O5S/c1-34-21-10-7-19(8-11-21)17-27-26(31)24(15-18-5-3-2-4-6-18)29-35(32,33)22-12-13-23-20(16-22)9-14-25(30)28-23/h2-8,10-13,16,24,29H,9,14-15,17H2,1H3,(H,27,31)(H,28,30). The molecule has 0 fully saturated rings. The van der Waals surface area contributed by atoms with Gasteiger partial charge in [-0.1, -0.05) is 42.5 Å². The molecular weight excluding hydrogens is 466 g/mol. The molecule has 1 aliphatic heterocycles. The van der Waals surface area contributed by atoms with E-state index in [2.05, 4.69) is 15.4 Å². The number of methoxy groups -OCH3 is 1. The van der Waals surface area contributed by atoms with Crippen LogP contribution in [0.5, 0.6) is 5.75 Å². The maximum absolute atomic E-state index is 13.2. The average molecular weight is 494 g/mol. The van der Waals surface area contributed by atoms with Crippen LogP contribution in [0.4, 0.5) is 5.69 Å². The van der Waals surface area contributed by atoms with Crippen LogP contribution in [0.3, 0.4) is 0 Å². The zero-order valence-electron chi connectivity index (χ0n) is 19.3. The molecule has 0 bridgehead atoms. The molecule has 0 saturated heterocycles. The van der Waals surface area contributed by atoms with Gasteiger partial charge in [0.2, 0.25) is 21.8 Å². The Morgan fingerprint density at radius 1 is 1.00 bits per heavy atom. The van der Waals surface area contributed by atoms with Crippen molar-refractivity contribution >= 4 is 27.5 Å². The number of hydrogen-bond acceptors (Lipinski definition) is 5. The van der Waals surface area contributed by atoms with Crippen LogP contribution in [0, 0.1) is 0 Å². The average Bonchev–Trinajstić information content (AvgIpc) is 2.87. The minimum Gasteiger partial charge on any atom is -0.497 e. The Hall–Kier alpha value is -3.69. The van der Waals surface area contributed by atoms with E-state index >= 15 is 0 Å². The van der Waals surface area contributed by atoms with Crippen LogP contribution in [0.2, 0.25) is 0 Å². The summed E-state index contributed by atoms with van der Waals surface area (Å²) in [5, 5.41) is 5.57. The van der Waals surface area contributed by atoms with Crippen molar-refractivity contribution < 1.29 is 22.7 Å². The van der Waals surface area contributed by atoms with Crippen molar-refractivity contribution in [1.29, 1.82) is 0 Å². The van der Waals surface area contributed by atoms with Crippen LogP contribution >= 0.6 is 0 Å². The van der Waals surface area contributed by atoms with Gasteiger partial charge in [-0.3, -0.25) is 9.59 Å². The highest BCUT2D eigenvalue weighted by Gasteiger charge is 2.27. The number of hydrogen-bond donors (Lipinski definition) is 3. The fourth-order valence-corrected chi connectivity index (χ4v) is 5.12. The summed E-state index contributed by atoms with van der Waals surface area (Å²) in [5.74, 6) is 0.181. The van der Waals surface area contributed by atoms with E-state index < -0.39 is 22.0 Å². The van der Waals surface area contributed by atoms with Crippen LogP contribution in [0.15, 0.2) is 77.7 Å². The highest BCUT2D eigenvalue weighted by Crippen LogP contribution is 2.25. The van der Waals surface area contributed by atoms with E-state index in [4.69, 9.17) is 4.74 Å². The Bertz CT molecular complexity index is 1310. The first-order chi connectivity index (χ1) is 16.8. The van der Waals surface area contributed by atoms with E-state index in [9.17, 15) is 18.0 Å². The predicted molar refractivity (Wildman–Crippen MR) is 132 cm³/mol. The fourth-order valence-electron chi connectivity index (χ4n) is 3.88. The smallest absolute Gasteiger partial charge is 0.241 e. The number of amides is 2. The number of ether oxygens (including phenoxy) is 1. The van der Waals surface area contributed by atoms with E-state index in [-0.39, 0.29) is 23.8 Å². The molecule has 1 unspecified atom stereocenters. The van der Waals surface area contributed by atoms with Gasteiger partial charge in [-0.2, -0.15) is 4.72 Å². The number of rotatable bonds is 9. The van der Waals surface area contributed by atoms with Crippen molar-refractivity contribution in [2.24, 2.45) is 0 Å². The van der Waals surface area contributed by atoms with Gasteiger partial charge in [0.1, 0.15) is 11.8 Å². The van der Waals surface area contributed by atoms with Gasteiger partial charge in [-0.25, -0.2) is 8.42 Å². The van der Waals surface area contributed by atoms with E-state index in [1.807, 2.05) is 42.5 Å². The van der Waals surface area contributed by atoms with Crippen molar-refractivity contribution in [2.45, 2.75) is 36.7 Å². The first-order valence-electron chi connectivity index (χ1n) is 11.2. The Kier molecular flexibility index (Phi) is 7.48. The SMILES string of the molecule is COc1ccc(CNC(=O)C(Cc2ccccc2)NS(=O)(=O)c2ccc3c(c2)CCC(=O)N3)cc1. The Morgan fingerprint density at radius 2 is 1.74 bits per heavy atom. The maximum atomic E-state index is 13.2. The van der Waals surface area contributed by atoms with E-state index in [1.54, 1.807) is 31.4 Å². The molecule has 0 radical (unpaired) electrons. The summed E-state index contributed by atoms with van der Waals surface area (Å²) in [5.41, 5.74) is 3.04. The van der Waals surface area contributed by atoms with Gasteiger partial charge in [0, 0.05) is 18.7 Å². The second-order valence-corrected chi connectivity index (χ2v) is 10.0. The molecule has 9 heteroatoms. The van der Waals surface area contributed by atoms with Crippen LogP contribution in [0.25, 0.3) is 0 Å². The molecule has 8 nitrogen and oxygen atoms in total. The van der Waals surface area contributed by atoms with E-state index in [1.165, 1.54) is 6.07 Å². The van der Waals surface area contributed by atoms with Gasteiger partial charge in [0.25, 0.3) is 0 Å². The summed E-state index contributed by atoms with van der Waals surface area (Å²) in [6.07, 6.45) is 0.949. The summed E-state index contributed by atoms with van der Waals surface area (Å²) in [6, 6.07) is 20.0. The number of carbonyl (C=O) groups excluding carboxylic acids is 2. The molecule has 182 valence electrons. The molecule has 4 rings (SSSR count). The van der Waals surface area contributed by atoms with E-state index in [0.717, 1.165) is 16.7 Å². The molecule has 3 aromatic rings. The monoisotopic (exact) mass is 493 g/mol. The number of sulfonamides is 1. The third-order valence-electron chi connectivity index (χ3n) is 5.80. The molecule has 0 aliphatic carbocycles. The molecule has 0 saturated carbocycles. The number of anilines is 1. The predicted octanol–water partition coefficient (Wildman–Crippen LogP) is 2.79. The van der Waals surface area contributed by atoms with Crippen molar-refractivity contribution in [3.63, 3.8) is 0 Å². The number of carbonyl (C=O) groups is 2. The lowest BCUT2D eigenvalue weighted by Crippen LogP contribution is -2.47. The molecule has 1 heterocycles. The maximum Gasteiger partial charge on any atom is 0.241 e. The van der Waals surface area contributed by atoms with Gasteiger partial charge in [0.15, 0.2) is 0 Å². The lowest BCUT2D eigenvalue weighted by atomic mass is 10.0. The quantitative estimate of drug-likeness (QED) is 0.424. The number of benzene rings is 3. The van der Waals surface area contributed by atoms with Gasteiger partial charge in [0.05, 0.1) is 12.0 Å². The summed E-state index contributed by atoms with van der Waals surface area (Å²) in [6.45, 7) is 0.244. The topological polar surface area (TPSA) is 114 Å². The normalized spacial score (nSPS) is 13.9. The highest BCUT2D eigenvalue weighted by atomic mass is 32.2. The first kappa shape index (κ1) is 24.4. The second-order valence-electron chi connectivity index (χ2n) is 8.30. The van der Waals surface area contributed by atoms with Crippen LogP contribution < -0.4 is 20.1 Å². The van der Waals surface area contributed by atoms with Crippen molar-refractivity contribution in [1.82, 2.24) is 10.0 Å². The minimum absolute atomic E-state index is 0.0495. The van der Waals surface area contributed by atoms with Gasteiger partial charge < -0.3 is 15.4 Å². The van der Waals surface area contributed by atoms with Gasteiger partial charge in [-0.05, 0) is 59.9 Å². The highest BCUT2D eigenvalue weighted by molar-refractivity contribution is 7.89. The molecule has 3 N–H and O–H groups in total.